The van der Waals surface area contributed by atoms with Crippen molar-refractivity contribution >= 4 is 47.4 Å². The van der Waals surface area contributed by atoms with Crippen LogP contribution in [0.4, 0.5) is 0 Å². The number of carbonyl (C=O) groups excluding carboxylic acids is 6. The lowest BCUT2D eigenvalue weighted by molar-refractivity contribution is -0.144. The third-order valence-electron chi connectivity index (χ3n) is 9.29. The van der Waals surface area contributed by atoms with Gasteiger partial charge in [-0.15, -0.1) is 0 Å². The summed E-state index contributed by atoms with van der Waals surface area (Å²) in [6, 6.07) is 7.98. The van der Waals surface area contributed by atoms with Crippen LogP contribution < -0.4 is 31.9 Å². The average Bonchev–Trinajstić information content (AvgIpc) is 3.15. The number of benzene rings is 2. The molecule has 0 aromatic heterocycles. The van der Waals surface area contributed by atoms with Crippen LogP contribution in [0.1, 0.15) is 78.4 Å². The van der Waals surface area contributed by atoms with Crippen molar-refractivity contribution in [1.82, 2.24) is 31.9 Å². The molecule has 0 bridgehead atoms. The quantitative estimate of drug-likeness (QED) is 0.0732. The molecule has 1 unspecified atom stereocenters. The maximum atomic E-state index is 14.0. The lowest BCUT2D eigenvalue weighted by atomic mass is 9.95. The molecule has 0 fully saturated rings. The number of nitrogens with one attached hydrogen (secondary N) is 6. The van der Waals surface area contributed by atoms with E-state index in [0.717, 1.165) is 5.56 Å². The smallest absolute Gasteiger partial charge is 0.326 e. The molecule has 0 heterocycles. The van der Waals surface area contributed by atoms with Crippen molar-refractivity contribution in [2.75, 3.05) is 6.54 Å². The summed E-state index contributed by atoms with van der Waals surface area (Å²) in [5, 5.41) is 43.8. The zero-order valence-corrected chi connectivity index (χ0v) is 33.9. The van der Waals surface area contributed by atoms with Crippen molar-refractivity contribution in [3.8, 4) is 5.75 Å². The number of carboxylic acids is 2. The average molecular weight is 811 g/mol. The van der Waals surface area contributed by atoms with Gasteiger partial charge >= 0.3 is 11.9 Å². The number of hydrogen-bond donors (Lipinski definition) is 9. The van der Waals surface area contributed by atoms with E-state index < -0.39 is 102 Å². The molecule has 6 amide bonds. The molecule has 0 radical (unpaired) electrons. The first-order valence-electron chi connectivity index (χ1n) is 19.3. The minimum Gasteiger partial charge on any atom is -0.508 e. The minimum atomic E-state index is -1.79. The number of carboxylic acid groups (broad SMARTS) is 2. The molecule has 0 aliphatic carbocycles. The first-order chi connectivity index (χ1) is 27.3. The van der Waals surface area contributed by atoms with Crippen LogP contribution in [0.3, 0.4) is 0 Å². The molecule has 58 heavy (non-hydrogen) atoms. The van der Waals surface area contributed by atoms with Gasteiger partial charge in [-0.3, -0.25) is 33.6 Å². The van der Waals surface area contributed by atoms with Gasteiger partial charge in [0.25, 0.3) is 0 Å². The molecule has 2 rings (SSSR count). The normalized spacial score (nSPS) is 14.1. The SMILES string of the molecule is CC[C@H](C)[C@H](NC(=O)[C@@H](NC(=O)Cc1ccc(O)cc1)C(C)C)C(=O)NC(CC(=O)NCCc1ccccc1)C(=O)N[C@@H](CC(=O)O)C(=O)N[C@@H](CC(C)C)C(=O)O. The summed E-state index contributed by atoms with van der Waals surface area (Å²) in [5.41, 5.74) is 1.51. The van der Waals surface area contributed by atoms with Crippen molar-refractivity contribution < 1.29 is 53.7 Å². The van der Waals surface area contributed by atoms with E-state index in [0.29, 0.717) is 18.4 Å². The van der Waals surface area contributed by atoms with Crippen LogP contribution in [0.2, 0.25) is 0 Å². The van der Waals surface area contributed by atoms with Gasteiger partial charge in [0.05, 0.1) is 19.3 Å². The van der Waals surface area contributed by atoms with E-state index in [2.05, 4.69) is 31.9 Å². The number of aromatic hydroxyl groups is 1. The first kappa shape index (κ1) is 48.1. The Morgan fingerprint density at radius 3 is 1.69 bits per heavy atom. The number of rotatable bonds is 24. The number of aliphatic carboxylic acids is 2. The second-order valence-corrected chi connectivity index (χ2v) is 15.0. The van der Waals surface area contributed by atoms with Crippen LogP contribution in [0.25, 0.3) is 0 Å². The predicted molar refractivity (Wildman–Crippen MR) is 213 cm³/mol. The second-order valence-electron chi connectivity index (χ2n) is 15.0. The fourth-order valence-corrected chi connectivity index (χ4v) is 5.84. The van der Waals surface area contributed by atoms with E-state index in [1.165, 1.54) is 12.1 Å². The zero-order valence-electron chi connectivity index (χ0n) is 33.9. The molecule has 0 aliphatic heterocycles. The Balaban J connectivity index is 2.35. The highest BCUT2D eigenvalue weighted by molar-refractivity contribution is 5.98. The van der Waals surface area contributed by atoms with Gasteiger partial charge < -0.3 is 47.2 Å². The van der Waals surface area contributed by atoms with E-state index in [1.807, 2.05) is 30.3 Å². The fourth-order valence-electron chi connectivity index (χ4n) is 5.84. The highest BCUT2D eigenvalue weighted by atomic mass is 16.4. The largest absolute Gasteiger partial charge is 0.508 e. The van der Waals surface area contributed by atoms with Crippen LogP contribution in [-0.2, 0) is 51.2 Å². The molecular formula is C41H58N6O11. The van der Waals surface area contributed by atoms with Crippen molar-refractivity contribution in [2.24, 2.45) is 17.8 Å². The molecule has 318 valence electrons. The number of carbonyl (C=O) groups is 8. The van der Waals surface area contributed by atoms with E-state index in [1.54, 1.807) is 53.7 Å². The maximum Gasteiger partial charge on any atom is 0.326 e. The Morgan fingerprint density at radius 2 is 1.16 bits per heavy atom. The van der Waals surface area contributed by atoms with E-state index in [9.17, 15) is 53.7 Å². The van der Waals surface area contributed by atoms with Crippen molar-refractivity contribution in [3.05, 3.63) is 65.7 Å². The zero-order chi connectivity index (χ0) is 43.5. The van der Waals surface area contributed by atoms with Gasteiger partial charge in [-0.1, -0.05) is 90.4 Å². The number of hydrogen-bond acceptors (Lipinski definition) is 9. The van der Waals surface area contributed by atoms with Gasteiger partial charge in [-0.25, -0.2) is 4.79 Å². The van der Waals surface area contributed by atoms with Gasteiger partial charge in [0.2, 0.25) is 35.4 Å². The number of amides is 6. The molecule has 2 aromatic carbocycles. The Kier molecular flexibility index (Phi) is 19.9. The lowest BCUT2D eigenvalue weighted by Gasteiger charge is -2.29. The van der Waals surface area contributed by atoms with E-state index in [-0.39, 0.29) is 31.1 Å². The summed E-state index contributed by atoms with van der Waals surface area (Å²) >= 11 is 0. The van der Waals surface area contributed by atoms with Crippen LogP contribution in [0.5, 0.6) is 5.75 Å². The molecule has 0 saturated heterocycles. The molecule has 0 aliphatic rings. The highest BCUT2D eigenvalue weighted by Gasteiger charge is 2.36. The van der Waals surface area contributed by atoms with Crippen molar-refractivity contribution in [3.63, 3.8) is 0 Å². The summed E-state index contributed by atoms with van der Waals surface area (Å²) in [4.78, 5) is 104. The monoisotopic (exact) mass is 810 g/mol. The Morgan fingerprint density at radius 1 is 0.603 bits per heavy atom. The van der Waals surface area contributed by atoms with Gasteiger partial charge in [0, 0.05) is 6.54 Å². The molecule has 0 spiro atoms. The van der Waals surface area contributed by atoms with Crippen LogP contribution in [0.15, 0.2) is 54.6 Å². The van der Waals surface area contributed by atoms with Crippen LogP contribution in [-0.4, -0.2) is 99.5 Å². The molecule has 9 N–H and O–H groups in total. The van der Waals surface area contributed by atoms with Gasteiger partial charge in [-0.05, 0) is 53.9 Å². The molecule has 6 atom stereocenters. The van der Waals surface area contributed by atoms with Crippen LogP contribution in [0, 0.1) is 17.8 Å². The molecule has 2 aromatic rings. The molecule has 17 nitrogen and oxygen atoms in total. The van der Waals surface area contributed by atoms with Gasteiger partial charge in [-0.2, -0.15) is 0 Å². The highest BCUT2D eigenvalue weighted by Crippen LogP contribution is 2.14. The standard InChI is InChI=1S/C41H58N6O11/c1-7-25(6)36(47-39(55)35(24(4)5)46-33(50)20-27-13-15-28(48)16-14-27)40(56)44-29(21-32(49)42-18-17-26-11-9-8-10-12-26)37(53)43-30(22-34(51)52)38(54)45-31(41(57)58)19-23(2)3/h8-16,23-25,29-31,35-36,48H,7,17-22H2,1-6H3,(H,42,49)(H,43,53)(H,44,56)(H,45,54)(H,46,50)(H,47,55)(H,51,52)(H,57,58)/t25-,29?,30-,31-,35-,36-/m0/s1. The number of phenolic OH excluding ortho intramolecular Hbond substituents is 1. The predicted octanol–water partition coefficient (Wildman–Crippen LogP) is 1.42. The summed E-state index contributed by atoms with van der Waals surface area (Å²) in [6.45, 7) is 10.5. The maximum absolute atomic E-state index is 14.0. The molecule has 0 saturated carbocycles. The Hall–Kier alpha value is -6.00. The van der Waals surface area contributed by atoms with Crippen molar-refractivity contribution in [1.29, 1.82) is 0 Å². The number of phenols is 1. The van der Waals surface area contributed by atoms with E-state index in [4.69, 9.17) is 0 Å². The third kappa shape index (κ3) is 17.0. The van der Waals surface area contributed by atoms with E-state index >= 15 is 0 Å². The molecule has 17 heteroatoms. The lowest BCUT2D eigenvalue weighted by Crippen LogP contribution is -2.61. The fraction of sp³-hybridized carbons (Fsp3) is 0.512. The minimum absolute atomic E-state index is 0.0130. The first-order valence-corrected chi connectivity index (χ1v) is 19.3. The van der Waals surface area contributed by atoms with Gasteiger partial charge in [0.1, 0.15) is 36.0 Å². The topological polar surface area (TPSA) is 269 Å². The van der Waals surface area contributed by atoms with Crippen molar-refractivity contribution in [2.45, 2.75) is 110 Å². The van der Waals surface area contributed by atoms with Gasteiger partial charge in [0.15, 0.2) is 0 Å². The Labute approximate surface area is 338 Å². The third-order valence-corrected chi connectivity index (χ3v) is 9.29. The summed E-state index contributed by atoms with van der Waals surface area (Å²) < 4.78 is 0. The molecular weight excluding hydrogens is 752 g/mol. The summed E-state index contributed by atoms with van der Waals surface area (Å²) in [6.07, 6.45) is -0.859. The summed E-state index contributed by atoms with van der Waals surface area (Å²) in [5.74, 6) is -8.90. The second kappa shape index (κ2) is 23.9. The van der Waals surface area contributed by atoms with Crippen LogP contribution >= 0.6 is 0 Å². The summed E-state index contributed by atoms with van der Waals surface area (Å²) in [7, 11) is 0. The Bertz CT molecular complexity index is 1720.